The number of carbonyl (C=O) groups is 2. The van der Waals surface area contributed by atoms with E-state index in [9.17, 15) is 26.3 Å². The van der Waals surface area contributed by atoms with Gasteiger partial charge in [0.1, 0.15) is 5.76 Å². The maximum Gasteiger partial charge on any atom is 0.490 e. The molecule has 16 heteroatoms. The van der Waals surface area contributed by atoms with E-state index in [1.54, 1.807) is 18.7 Å². The molecular weight excluding hydrogens is 494 g/mol. The number of aliphatic carboxylic acids is 2. The number of hydrogen-bond donors (Lipinski definition) is 2. The van der Waals surface area contributed by atoms with E-state index < -0.39 is 24.3 Å². The average molecular weight is 514 g/mol. The Kier molecular flexibility index (Phi) is 9.41. The molecule has 194 valence electrons. The minimum Gasteiger partial charge on any atom is -0.475 e. The second-order valence-electron chi connectivity index (χ2n) is 7.10. The van der Waals surface area contributed by atoms with Crippen LogP contribution < -0.4 is 4.90 Å². The molecule has 2 aliphatic heterocycles. The molecule has 35 heavy (non-hydrogen) atoms. The van der Waals surface area contributed by atoms with Crippen molar-refractivity contribution in [3.05, 3.63) is 42.6 Å². The van der Waals surface area contributed by atoms with E-state index in [0.717, 1.165) is 44.5 Å². The molecule has 4 heterocycles. The van der Waals surface area contributed by atoms with Gasteiger partial charge < -0.3 is 24.3 Å². The van der Waals surface area contributed by atoms with Gasteiger partial charge in [0.25, 0.3) is 0 Å². The molecule has 2 fully saturated rings. The first-order valence-electron chi connectivity index (χ1n) is 9.79. The molecule has 0 saturated carbocycles. The van der Waals surface area contributed by atoms with E-state index in [1.807, 2.05) is 18.2 Å². The first kappa shape index (κ1) is 27.8. The van der Waals surface area contributed by atoms with Crippen LogP contribution in [-0.2, 0) is 20.9 Å². The normalized spacial score (nSPS) is 20.1. The van der Waals surface area contributed by atoms with Crippen molar-refractivity contribution in [2.24, 2.45) is 0 Å². The largest absolute Gasteiger partial charge is 0.490 e. The highest BCUT2D eigenvalue weighted by Crippen LogP contribution is 2.26. The number of alkyl halides is 6. The maximum atomic E-state index is 10.6. The molecule has 10 nitrogen and oxygen atoms in total. The third kappa shape index (κ3) is 8.71. The lowest BCUT2D eigenvalue weighted by Crippen LogP contribution is -2.51. The van der Waals surface area contributed by atoms with Crippen LogP contribution in [0.2, 0.25) is 0 Å². The lowest BCUT2D eigenvalue weighted by molar-refractivity contribution is -0.193. The molecule has 2 aromatic heterocycles. The molecule has 0 amide bonds. The summed E-state index contributed by atoms with van der Waals surface area (Å²) in [7, 11) is 0. The first-order valence-corrected chi connectivity index (χ1v) is 9.79. The predicted molar refractivity (Wildman–Crippen MR) is 104 cm³/mol. The fraction of sp³-hybridized carbons (Fsp3) is 0.474. The smallest absolute Gasteiger partial charge is 0.475 e. The van der Waals surface area contributed by atoms with Gasteiger partial charge in [-0.2, -0.15) is 26.3 Å². The molecule has 0 aromatic carbocycles. The second kappa shape index (κ2) is 11.8. The van der Waals surface area contributed by atoms with Gasteiger partial charge in [-0.15, -0.1) is 0 Å². The Labute approximate surface area is 193 Å². The van der Waals surface area contributed by atoms with Crippen molar-refractivity contribution in [1.82, 2.24) is 14.9 Å². The number of halogens is 6. The average Bonchev–Trinajstić information content (AvgIpc) is 3.43. The quantitative estimate of drug-likeness (QED) is 0.590. The Morgan fingerprint density at radius 2 is 1.57 bits per heavy atom. The summed E-state index contributed by atoms with van der Waals surface area (Å²) in [6.45, 7) is 4.28. The van der Waals surface area contributed by atoms with Crippen molar-refractivity contribution in [3.8, 4) is 0 Å². The van der Waals surface area contributed by atoms with Crippen LogP contribution in [0.1, 0.15) is 5.76 Å². The van der Waals surface area contributed by atoms with Crippen molar-refractivity contribution in [3.63, 3.8) is 0 Å². The standard InChI is InChI=1S/C15H18N4O2.2C2HF3O2/c1-3-12(20-7-1)9-18-10-13-14(11-18)21-8-6-19(13)15-16-4-2-5-17-15;2*3-2(4,5)1(6)7/h1-5,7,13-14H,6,8-11H2;2*(H,6,7)/t13-,14+;;/m1../s1. The van der Waals surface area contributed by atoms with Crippen molar-refractivity contribution in [2.75, 3.05) is 31.1 Å². The van der Waals surface area contributed by atoms with Crippen molar-refractivity contribution in [1.29, 1.82) is 0 Å². The summed E-state index contributed by atoms with van der Waals surface area (Å²) in [6, 6.07) is 6.11. The Balaban J connectivity index is 0.000000257. The van der Waals surface area contributed by atoms with Gasteiger partial charge in [-0.1, -0.05) is 0 Å². The maximum absolute atomic E-state index is 10.6. The van der Waals surface area contributed by atoms with Crippen LogP contribution in [-0.4, -0.2) is 87.8 Å². The number of furan rings is 1. The Bertz CT molecular complexity index is 918. The monoisotopic (exact) mass is 514 g/mol. The van der Waals surface area contributed by atoms with E-state index in [2.05, 4.69) is 19.8 Å². The van der Waals surface area contributed by atoms with Gasteiger partial charge >= 0.3 is 24.3 Å². The molecule has 0 unspecified atom stereocenters. The zero-order valence-electron chi connectivity index (χ0n) is 17.7. The van der Waals surface area contributed by atoms with Crippen LogP contribution in [0.4, 0.5) is 32.3 Å². The first-order chi connectivity index (χ1) is 16.3. The molecule has 2 aliphatic rings. The van der Waals surface area contributed by atoms with Crippen LogP contribution in [0.15, 0.2) is 41.3 Å². The van der Waals surface area contributed by atoms with Crippen molar-refractivity contribution >= 4 is 17.9 Å². The Hall–Kier alpha value is -3.40. The number of hydrogen-bond acceptors (Lipinski definition) is 8. The van der Waals surface area contributed by atoms with Gasteiger partial charge in [0.2, 0.25) is 5.95 Å². The number of morpholine rings is 1. The molecule has 2 saturated heterocycles. The highest BCUT2D eigenvalue weighted by Gasteiger charge is 2.41. The molecule has 2 atom stereocenters. The van der Waals surface area contributed by atoms with Gasteiger partial charge in [-0.25, -0.2) is 19.6 Å². The number of ether oxygens (including phenoxy) is 1. The van der Waals surface area contributed by atoms with Gasteiger partial charge in [0.15, 0.2) is 0 Å². The fourth-order valence-corrected chi connectivity index (χ4v) is 3.20. The highest BCUT2D eigenvalue weighted by molar-refractivity contribution is 5.73. The SMILES string of the molecule is O=C(O)C(F)(F)F.O=C(O)C(F)(F)F.c1cnc(N2CCO[C@H]3CN(Cc4ccco4)C[C@H]32)nc1. The van der Waals surface area contributed by atoms with Crippen LogP contribution >= 0.6 is 0 Å². The van der Waals surface area contributed by atoms with Crippen LogP contribution in [0.5, 0.6) is 0 Å². The summed E-state index contributed by atoms with van der Waals surface area (Å²) in [5, 5.41) is 14.2. The molecule has 0 spiro atoms. The number of likely N-dealkylation sites (tertiary alicyclic amines) is 1. The van der Waals surface area contributed by atoms with Gasteiger partial charge in [-0.3, -0.25) is 4.90 Å². The minimum atomic E-state index is -5.08. The highest BCUT2D eigenvalue weighted by atomic mass is 19.4. The summed E-state index contributed by atoms with van der Waals surface area (Å²) in [5.41, 5.74) is 0. The number of rotatable bonds is 3. The van der Waals surface area contributed by atoms with E-state index in [4.69, 9.17) is 29.0 Å². The summed E-state index contributed by atoms with van der Waals surface area (Å²) < 4.78 is 74.8. The van der Waals surface area contributed by atoms with E-state index in [-0.39, 0.29) is 6.10 Å². The number of carboxylic acid groups (broad SMARTS) is 2. The lowest BCUT2D eigenvalue weighted by atomic mass is 10.1. The van der Waals surface area contributed by atoms with Gasteiger partial charge in [0.05, 0.1) is 31.6 Å². The van der Waals surface area contributed by atoms with Crippen LogP contribution in [0.3, 0.4) is 0 Å². The van der Waals surface area contributed by atoms with Crippen molar-refractivity contribution < 1.29 is 55.3 Å². The van der Waals surface area contributed by atoms with Crippen molar-refractivity contribution in [2.45, 2.75) is 31.0 Å². The topological polar surface area (TPSA) is 129 Å². The Morgan fingerprint density at radius 1 is 1.00 bits per heavy atom. The fourth-order valence-electron chi connectivity index (χ4n) is 3.20. The summed E-state index contributed by atoms with van der Waals surface area (Å²) >= 11 is 0. The molecule has 0 aliphatic carbocycles. The molecule has 0 radical (unpaired) electrons. The number of nitrogens with zero attached hydrogens (tertiary/aromatic N) is 4. The Morgan fingerprint density at radius 3 is 2.06 bits per heavy atom. The van der Waals surface area contributed by atoms with Crippen LogP contribution in [0.25, 0.3) is 0 Å². The van der Waals surface area contributed by atoms with Crippen LogP contribution in [0, 0.1) is 0 Å². The number of carboxylic acids is 2. The summed E-state index contributed by atoms with van der Waals surface area (Å²) in [5.74, 6) is -3.72. The zero-order chi connectivity index (χ0) is 26.2. The lowest BCUT2D eigenvalue weighted by Gasteiger charge is -2.36. The van der Waals surface area contributed by atoms with E-state index >= 15 is 0 Å². The number of fused-ring (bicyclic) bond motifs is 1. The van der Waals surface area contributed by atoms with E-state index in [0.29, 0.717) is 6.04 Å². The molecule has 2 N–H and O–H groups in total. The number of aromatic nitrogens is 2. The molecule has 4 rings (SSSR count). The van der Waals surface area contributed by atoms with Gasteiger partial charge in [0, 0.05) is 32.0 Å². The minimum absolute atomic E-state index is 0.220. The molecule has 2 aromatic rings. The van der Waals surface area contributed by atoms with E-state index in [1.165, 1.54) is 0 Å². The predicted octanol–water partition coefficient (Wildman–Crippen LogP) is 2.43. The molecule has 0 bridgehead atoms. The summed E-state index contributed by atoms with van der Waals surface area (Å²) in [6.07, 6.45) is -4.64. The second-order valence-corrected chi connectivity index (χ2v) is 7.10. The zero-order valence-corrected chi connectivity index (χ0v) is 17.7. The molecular formula is C19H20F6N4O6. The third-order valence-corrected chi connectivity index (χ3v) is 4.63. The number of anilines is 1. The third-order valence-electron chi connectivity index (χ3n) is 4.63. The summed E-state index contributed by atoms with van der Waals surface area (Å²) in [4.78, 5) is 31.2. The van der Waals surface area contributed by atoms with Gasteiger partial charge in [-0.05, 0) is 18.2 Å².